The van der Waals surface area contributed by atoms with E-state index in [2.05, 4.69) is 364 Å². The van der Waals surface area contributed by atoms with Crippen LogP contribution in [0.4, 0.5) is 0 Å². The zero-order chi connectivity index (χ0) is 80.4. The average Bonchev–Trinajstić information content (AvgIpc) is 1.51. The van der Waals surface area contributed by atoms with Crippen molar-refractivity contribution in [1.82, 2.24) is 29.9 Å². The quantitative estimate of drug-likeness (QED) is 0.132. The average molecular weight is 1560 g/mol. The number of nitrogens with zero attached hydrogens (tertiary/aromatic N) is 6. The van der Waals surface area contributed by atoms with Gasteiger partial charge in [-0.3, -0.25) is 0 Å². The summed E-state index contributed by atoms with van der Waals surface area (Å²) >= 11 is 0. The van der Waals surface area contributed by atoms with Crippen molar-refractivity contribution >= 4 is 43.4 Å². The molecule has 8 heteroatoms. The van der Waals surface area contributed by atoms with Gasteiger partial charge < -0.3 is 9.47 Å². The Kier molecular flexibility index (Phi) is 16.3. The SMILES string of the molecule is c1ccc(-c2cc(-c3ccc4c(c3)nc(-c3ccccc3)c3cc5c(cc34)C3(c4ccccc4O5)c4ccccc4-c4ccccc43)nc(-c3ccccc3)n2)cc1.c1ccc(-c2ccc(-c3cc(-c4ccc5c(c4)nc(-c4ccccc4)c4cc6c(cc45)C4(c5ccccc5O6)c5ccccc5-c5ccccc54)nc(-c4ccccc4)n3)cc2)cc1. The van der Waals surface area contributed by atoms with Crippen LogP contribution in [0.3, 0.4) is 0 Å². The predicted molar refractivity (Wildman–Crippen MR) is 493 cm³/mol. The highest BCUT2D eigenvalue weighted by molar-refractivity contribution is 6.15. The van der Waals surface area contributed by atoms with Crippen molar-refractivity contribution in [1.29, 1.82) is 0 Å². The van der Waals surface area contributed by atoms with Crippen LogP contribution in [0.15, 0.2) is 425 Å². The second kappa shape index (κ2) is 28.3. The van der Waals surface area contributed by atoms with E-state index in [9.17, 15) is 0 Å². The van der Waals surface area contributed by atoms with E-state index in [1.807, 2.05) is 60.7 Å². The first-order valence-electron chi connectivity index (χ1n) is 41.4. The van der Waals surface area contributed by atoms with Crippen LogP contribution in [0.5, 0.6) is 23.0 Å². The van der Waals surface area contributed by atoms with Crippen LogP contribution in [0.1, 0.15) is 44.5 Å². The summed E-state index contributed by atoms with van der Waals surface area (Å²) in [6, 6.07) is 150. The Morgan fingerprint density at radius 1 is 0.164 bits per heavy atom. The molecule has 6 heterocycles. The molecule has 4 aliphatic rings. The van der Waals surface area contributed by atoms with Gasteiger partial charge in [0, 0.05) is 88.3 Å². The molecule has 0 unspecified atom stereocenters. The molecule has 25 rings (SSSR count). The molecule has 2 aliphatic heterocycles. The van der Waals surface area contributed by atoms with Crippen molar-refractivity contribution in [2.24, 2.45) is 0 Å². The molecule has 122 heavy (non-hydrogen) atoms. The second-order valence-electron chi connectivity index (χ2n) is 31.7. The third-order valence-electron chi connectivity index (χ3n) is 25.1. The smallest absolute Gasteiger partial charge is 0.160 e. The number of aromatic nitrogens is 6. The van der Waals surface area contributed by atoms with Gasteiger partial charge in [-0.25, -0.2) is 29.9 Å². The lowest BCUT2D eigenvalue weighted by Crippen LogP contribution is -2.32. The van der Waals surface area contributed by atoms with Crippen molar-refractivity contribution in [2.75, 3.05) is 0 Å². The normalized spacial score (nSPS) is 13.0. The maximum absolute atomic E-state index is 6.96. The molecular weight excluding hydrogens is 1490 g/mol. The van der Waals surface area contributed by atoms with Gasteiger partial charge in [0.05, 0.1) is 56.0 Å². The van der Waals surface area contributed by atoms with Gasteiger partial charge in [-0.1, -0.05) is 364 Å². The van der Waals surface area contributed by atoms with E-state index in [1.165, 1.54) is 50.1 Å². The Hall–Kier alpha value is -16.2. The lowest BCUT2D eigenvalue weighted by Gasteiger charge is -2.39. The molecule has 2 spiro atoms. The number of hydrogen-bond acceptors (Lipinski definition) is 8. The first kappa shape index (κ1) is 70.1. The number of benzene rings is 17. The summed E-state index contributed by atoms with van der Waals surface area (Å²) in [5.74, 6) is 4.78. The van der Waals surface area contributed by atoms with Crippen molar-refractivity contribution in [3.8, 4) is 147 Å². The van der Waals surface area contributed by atoms with Crippen molar-refractivity contribution in [2.45, 2.75) is 10.8 Å². The van der Waals surface area contributed by atoms with E-state index in [0.717, 1.165) is 173 Å². The van der Waals surface area contributed by atoms with Crippen LogP contribution >= 0.6 is 0 Å². The van der Waals surface area contributed by atoms with Crippen molar-refractivity contribution < 1.29 is 9.47 Å². The van der Waals surface area contributed by atoms with Gasteiger partial charge in [0.1, 0.15) is 23.0 Å². The molecule has 0 fully saturated rings. The first-order chi connectivity index (χ1) is 60.4. The summed E-state index contributed by atoms with van der Waals surface area (Å²) in [5.41, 5.74) is 30.8. The standard InChI is InChI=1S/C60H37N3O.C54H33N3O/c1-4-16-38(17-5-1)39-28-30-40(31-29-39)53-37-54(63-59(62-53)42-20-8-3-9-21-42)43-32-33-46-47-35-52-57(36-48(47)58(61-55(46)34-43)41-18-6-2-7-19-41)64-56-27-15-14-26-51(56)60(52)49-24-12-10-22-44(49)45-23-11-13-25-50(45)60;1-4-16-34(17-5-1)47-33-48(57-53(56-47)36-20-8-3-9-21-36)37-28-29-40-41-31-46-51(32-42(41)52(55-49(40)30-37)35-18-6-2-7-19-35)58-50-27-15-14-26-45(50)54(46)43-24-12-10-22-38(43)39-23-11-13-25-44(39)54/h1-37H;1-33H. The Labute approximate surface area is 704 Å². The number of fused-ring (bicyclic) bond motifs is 24. The zero-order valence-corrected chi connectivity index (χ0v) is 65.9. The van der Waals surface area contributed by atoms with Crippen molar-refractivity contribution in [3.05, 3.63) is 469 Å². The van der Waals surface area contributed by atoms with E-state index in [4.69, 9.17) is 39.4 Å². The molecule has 21 aromatic rings. The Morgan fingerprint density at radius 2 is 0.443 bits per heavy atom. The highest BCUT2D eigenvalue weighted by Crippen LogP contribution is 2.65. The second-order valence-corrected chi connectivity index (χ2v) is 31.7. The van der Waals surface area contributed by atoms with Gasteiger partial charge in [-0.2, -0.15) is 0 Å². The lowest BCUT2D eigenvalue weighted by atomic mass is 9.65. The molecule has 0 atom stereocenters. The fourth-order valence-electron chi connectivity index (χ4n) is 19.6. The van der Waals surface area contributed by atoms with Crippen LogP contribution in [0, 0.1) is 0 Å². The third-order valence-corrected chi connectivity index (χ3v) is 25.1. The minimum atomic E-state index is -0.585. The van der Waals surface area contributed by atoms with Crippen molar-refractivity contribution in [3.63, 3.8) is 0 Å². The summed E-state index contributed by atoms with van der Waals surface area (Å²) in [4.78, 5) is 31.6. The van der Waals surface area contributed by atoms with Crippen LogP contribution in [0.25, 0.3) is 167 Å². The first-order valence-corrected chi connectivity index (χ1v) is 41.4. The number of ether oxygens (including phenoxy) is 2. The monoisotopic (exact) mass is 1550 g/mol. The molecule has 0 radical (unpaired) electrons. The molecule has 0 saturated carbocycles. The summed E-state index contributed by atoms with van der Waals surface area (Å²) < 4.78 is 13.9. The molecule has 4 aromatic heterocycles. The summed E-state index contributed by atoms with van der Waals surface area (Å²) in [6.45, 7) is 0. The van der Waals surface area contributed by atoms with Crippen LogP contribution in [-0.4, -0.2) is 29.9 Å². The minimum absolute atomic E-state index is 0.573. The molecule has 0 amide bonds. The minimum Gasteiger partial charge on any atom is -0.457 e. The third kappa shape index (κ3) is 11.1. The largest absolute Gasteiger partial charge is 0.457 e. The van der Waals surface area contributed by atoms with E-state index in [1.54, 1.807) is 0 Å². The number of hydrogen-bond donors (Lipinski definition) is 0. The Morgan fingerprint density at radius 3 is 0.820 bits per heavy atom. The Bertz CT molecular complexity index is 7650. The van der Waals surface area contributed by atoms with E-state index >= 15 is 0 Å². The summed E-state index contributed by atoms with van der Waals surface area (Å²) in [7, 11) is 0. The van der Waals surface area contributed by atoms with Gasteiger partial charge in [0.2, 0.25) is 0 Å². The van der Waals surface area contributed by atoms with E-state index < -0.39 is 10.8 Å². The number of pyridine rings is 2. The number of para-hydroxylation sites is 2. The molecule has 0 saturated heterocycles. The van der Waals surface area contributed by atoms with Gasteiger partial charge >= 0.3 is 0 Å². The fraction of sp³-hybridized carbons (Fsp3) is 0.0175. The van der Waals surface area contributed by atoms with Gasteiger partial charge in [-0.15, -0.1) is 0 Å². The molecule has 0 N–H and O–H groups in total. The Balaban J connectivity index is 0.000000139. The highest BCUT2D eigenvalue weighted by Gasteiger charge is 2.53. The highest BCUT2D eigenvalue weighted by atomic mass is 16.5. The molecule has 8 nitrogen and oxygen atoms in total. The topological polar surface area (TPSA) is 95.8 Å². The van der Waals surface area contributed by atoms with Crippen LogP contribution < -0.4 is 9.47 Å². The molecule has 0 bridgehead atoms. The van der Waals surface area contributed by atoms with Gasteiger partial charge in [0.15, 0.2) is 11.6 Å². The summed E-state index contributed by atoms with van der Waals surface area (Å²) in [5, 5.41) is 6.44. The van der Waals surface area contributed by atoms with Gasteiger partial charge in [0.25, 0.3) is 0 Å². The molecule has 17 aromatic carbocycles. The molecular formula is C114H70N6O2. The summed E-state index contributed by atoms with van der Waals surface area (Å²) in [6.07, 6.45) is 0. The zero-order valence-electron chi connectivity index (χ0n) is 65.9. The van der Waals surface area contributed by atoms with E-state index in [-0.39, 0.29) is 0 Å². The maximum Gasteiger partial charge on any atom is 0.160 e. The molecule has 568 valence electrons. The van der Waals surface area contributed by atoms with Crippen LogP contribution in [-0.2, 0) is 10.8 Å². The molecule has 2 aliphatic carbocycles. The van der Waals surface area contributed by atoms with Gasteiger partial charge in [-0.05, 0) is 127 Å². The lowest BCUT2D eigenvalue weighted by molar-refractivity contribution is 0.437. The van der Waals surface area contributed by atoms with E-state index in [0.29, 0.717) is 11.6 Å². The fourth-order valence-corrected chi connectivity index (χ4v) is 19.6. The number of rotatable bonds is 9. The van der Waals surface area contributed by atoms with Crippen LogP contribution in [0.2, 0.25) is 0 Å². The maximum atomic E-state index is 6.96. The predicted octanol–water partition coefficient (Wildman–Crippen LogP) is 28.3.